The fraction of sp³-hybridized carbons (Fsp3) is 0.692. The van der Waals surface area contributed by atoms with Crippen molar-refractivity contribution in [3.63, 3.8) is 0 Å². The zero-order chi connectivity index (χ0) is 12.0. The van der Waals surface area contributed by atoms with Gasteiger partial charge in [-0.1, -0.05) is 18.6 Å². The molecule has 0 saturated heterocycles. The summed E-state index contributed by atoms with van der Waals surface area (Å²) in [5.41, 5.74) is 0.348. The zero-order valence-corrected chi connectivity index (χ0v) is 10.1. The van der Waals surface area contributed by atoms with Crippen molar-refractivity contribution in [3.05, 3.63) is 11.6 Å². The Morgan fingerprint density at radius 2 is 2.19 bits per heavy atom. The average molecular weight is 222 g/mol. The number of hydrogen-bond donors (Lipinski definition) is 0. The molecular weight excluding hydrogens is 204 g/mol. The van der Waals surface area contributed by atoms with E-state index in [1.807, 2.05) is 13.8 Å². The Bertz CT molecular complexity index is 383. The number of ketones is 1. The monoisotopic (exact) mass is 222 g/mol. The lowest BCUT2D eigenvalue weighted by molar-refractivity contribution is -0.163. The first kappa shape index (κ1) is 11.4. The van der Waals surface area contributed by atoms with Crippen LogP contribution in [0.2, 0.25) is 0 Å². The molecule has 3 heteroatoms. The van der Waals surface area contributed by atoms with E-state index in [1.54, 1.807) is 0 Å². The van der Waals surface area contributed by atoms with Gasteiger partial charge < -0.3 is 4.74 Å². The van der Waals surface area contributed by atoms with Gasteiger partial charge in [-0.3, -0.25) is 9.59 Å². The molecule has 2 rings (SSSR count). The molecule has 1 fully saturated rings. The van der Waals surface area contributed by atoms with E-state index in [0.717, 1.165) is 12.0 Å². The number of carbonyl (C=O) groups excluding carboxylic acids is 2. The maximum atomic E-state index is 12.1. The summed E-state index contributed by atoms with van der Waals surface area (Å²) in [4.78, 5) is 23.7. The van der Waals surface area contributed by atoms with Crippen LogP contribution >= 0.6 is 0 Å². The van der Waals surface area contributed by atoms with Gasteiger partial charge in [-0.25, -0.2) is 0 Å². The summed E-state index contributed by atoms with van der Waals surface area (Å²) in [6.07, 6.45) is 4.42. The van der Waals surface area contributed by atoms with Crippen LogP contribution in [0.5, 0.6) is 0 Å². The van der Waals surface area contributed by atoms with Crippen molar-refractivity contribution in [2.24, 2.45) is 10.8 Å². The third-order valence-electron chi connectivity index (χ3n) is 4.64. The van der Waals surface area contributed by atoms with Gasteiger partial charge in [0.25, 0.3) is 0 Å². The quantitative estimate of drug-likeness (QED) is 0.505. The number of allylic oxidation sites excluding steroid dienone is 2. The Balaban J connectivity index is 2.45. The van der Waals surface area contributed by atoms with E-state index in [9.17, 15) is 9.59 Å². The van der Waals surface area contributed by atoms with Gasteiger partial charge in [0.15, 0.2) is 0 Å². The molecule has 2 atom stereocenters. The Labute approximate surface area is 95.9 Å². The molecule has 0 aromatic rings. The average Bonchev–Trinajstić information content (AvgIpc) is 2.51. The highest BCUT2D eigenvalue weighted by atomic mass is 16.5. The summed E-state index contributed by atoms with van der Waals surface area (Å²) in [5, 5.41) is 0. The highest BCUT2D eigenvalue weighted by Crippen LogP contribution is 2.60. The molecule has 16 heavy (non-hydrogen) atoms. The summed E-state index contributed by atoms with van der Waals surface area (Å²) in [6, 6.07) is 0. The number of carbonyl (C=O) groups is 2. The van der Waals surface area contributed by atoms with Crippen molar-refractivity contribution in [2.75, 3.05) is 7.11 Å². The number of fused-ring (bicyclic) bond motifs is 1. The van der Waals surface area contributed by atoms with Crippen LogP contribution in [0.3, 0.4) is 0 Å². The normalized spacial score (nSPS) is 37.9. The van der Waals surface area contributed by atoms with Gasteiger partial charge >= 0.3 is 5.97 Å². The first-order valence-electron chi connectivity index (χ1n) is 5.74. The smallest absolute Gasteiger partial charge is 0.313 e. The summed E-state index contributed by atoms with van der Waals surface area (Å²) in [7, 11) is 1.43. The van der Waals surface area contributed by atoms with E-state index in [4.69, 9.17) is 4.74 Å². The van der Waals surface area contributed by atoms with Crippen LogP contribution in [-0.4, -0.2) is 18.9 Å². The predicted octanol–water partition coefficient (Wildman–Crippen LogP) is 2.26. The number of esters is 1. The minimum Gasteiger partial charge on any atom is -0.469 e. The van der Waals surface area contributed by atoms with Crippen LogP contribution in [0.15, 0.2) is 11.6 Å². The van der Waals surface area contributed by atoms with Crippen molar-refractivity contribution in [1.29, 1.82) is 0 Å². The number of rotatable bonds is 1. The molecule has 0 heterocycles. The second kappa shape index (κ2) is 3.44. The lowest BCUT2D eigenvalue weighted by atomic mass is 9.56. The third kappa shape index (κ3) is 1.20. The lowest BCUT2D eigenvalue weighted by Gasteiger charge is -2.46. The first-order valence-corrected chi connectivity index (χ1v) is 5.74. The SMILES string of the molecule is COC(=O)[C@]12CC=C(C)[C@@]1(C)CC(=O)CC2. The third-order valence-corrected chi connectivity index (χ3v) is 4.64. The van der Waals surface area contributed by atoms with Crippen molar-refractivity contribution in [1.82, 2.24) is 0 Å². The first-order chi connectivity index (χ1) is 7.46. The summed E-state index contributed by atoms with van der Waals surface area (Å²) in [5.74, 6) is 0.104. The molecule has 0 amide bonds. The molecule has 0 aromatic carbocycles. The minimum atomic E-state index is -0.486. The lowest BCUT2D eigenvalue weighted by Crippen LogP contribution is -2.48. The Morgan fingerprint density at radius 1 is 1.50 bits per heavy atom. The Morgan fingerprint density at radius 3 is 2.81 bits per heavy atom. The number of methoxy groups -OCH3 is 1. The maximum absolute atomic E-state index is 12.1. The number of Topliss-reactive ketones (excluding diaryl/α,β-unsaturated/α-hetero) is 1. The number of hydrogen-bond acceptors (Lipinski definition) is 3. The van der Waals surface area contributed by atoms with Crippen molar-refractivity contribution < 1.29 is 14.3 Å². The second-order valence-corrected chi connectivity index (χ2v) is 5.21. The van der Waals surface area contributed by atoms with Gasteiger partial charge in [0.2, 0.25) is 0 Å². The summed E-state index contributed by atoms with van der Waals surface area (Å²) in [6.45, 7) is 4.04. The van der Waals surface area contributed by atoms with Gasteiger partial charge in [-0.2, -0.15) is 0 Å². The second-order valence-electron chi connectivity index (χ2n) is 5.21. The molecule has 0 radical (unpaired) electrons. The minimum absolute atomic E-state index is 0.157. The van der Waals surface area contributed by atoms with Crippen LogP contribution < -0.4 is 0 Å². The fourth-order valence-electron chi connectivity index (χ4n) is 3.28. The van der Waals surface area contributed by atoms with Gasteiger partial charge in [-0.05, 0) is 19.8 Å². The summed E-state index contributed by atoms with van der Waals surface area (Å²) < 4.78 is 4.96. The van der Waals surface area contributed by atoms with Crippen LogP contribution in [0.4, 0.5) is 0 Å². The van der Waals surface area contributed by atoms with Gasteiger partial charge in [-0.15, -0.1) is 0 Å². The molecule has 0 unspecified atom stereocenters. The fourth-order valence-corrected chi connectivity index (χ4v) is 3.28. The van der Waals surface area contributed by atoms with Crippen molar-refractivity contribution in [2.45, 2.75) is 39.5 Å². The van der Waals surface area contributed by atoms with E-state index in [0.29, 0.717) is 19.3 Å². The predicted molar refractivity (Wildman–Crippen MR) is 59.8 cm³/mol. The highest BCUT2D eigenvalue weighted by molar-refractivity contribution is 5.88. The molecule has 0 spiro atoms. The zero-order valence-electron chi connectivity index (χ0n) is 10.1. The topological polar surface area (TPSA) is 43.4 Å². The molecule has 3 nitrogen and oxygen atoms in total. The highest BCUT2D eigenvalue weighted by Gasteiger charge is 2.60. The standard InChI is InChI=1S/C13H18O3/c1-9-4-6-13(11(15)16-3)7-5-10(14)8-12(9,13)2/h4H,5-8H2,1-3H3/t12-,13-/m1/s1. The van der Waals surface area contributed by atoms with E-state index >= 15 is 0 Å². The van der Waals surface area contributed by atoms with Crippen LogP contribution in [0.25, 0.3) is 0 Å². The van der Waals surface area contributed by atoms with Crippen LogP contribution in [-0.2, 0) is 14.3 Å². The van der Waals surface area contributed by atoms with Gasteiger partial charge in [0.05, 0.1) is 12.5 Å². The van der Waals surface area contributed by atoms with Crippen LogP contribution in [0, 0.1) is 10.8 Å². The molecule has 88 valence electrons. The van der Waals surface area contributed by atoms with E-state index in [1.165, 1.54) is 7.11 Å². The molecule has 1 saturated carbocycles. The number of ether oxygens (including phenoxy) is 1. The molecule has 0 aromatic heterocycles. The molecule has 2 aliphatic rings. The molecule has 0 aliphatic heterocycles. The maximum Gasteiger partial charge on any atom is 0.313 e. The Kier molecular flexibility index (Phi) is 2.44. The largest absolute Gasteiger partial charge is 0.469 e. The van der Waals surface area contributed by atoms with Gasteiger partial charge in [0, 0.05) is 18.3 Å². The van der Waals surface area contributed by atoms with E-state index in [-0.39, 0.29) is 17.2 Å². The van der Waals surface area contributed by atoms with Crippen molar-refractivity contribution >= 4 is 11.8 Å². The molecular formula is C13H18O3. The van der Waals surface area contributed by atoms with Crippen molar-refractivity contribution in [3.8, 4) is 0 Å². The molecule has 0 N–H and O–H groups in total. The summed E-state index contributed by atoms with van der Waals surface area (Å²) >= 11 is 0. The Hall–Kier alpha value is -1.12. The molecule has 2 aliphatic carbocycles. The van der Waals surface area contributed by atoms with E-state index < -0.39 is 5.41 Å². The van der Waals surface area contributed by atoms with Gasteiger partial charge in [0.1, 0.15) is 5.78 Å². The molecule has 0 bridgehead atoms. The van der Waals surface area contributed by atoms with Crippen LogP contribution in [0.1, 0.15) is 39.5 Å². The van der Waals surface area contributed by atoms with E-state index in [2.05, 4.69) is 6.08 Å².